The average molecular weight is 286 g/mol. The molecule has 1 amide bonds. The van der Waals surface area contributed by atoms with Gasteiger partial charge in [-0.3, -0.25) is 9.48 Å². The van der Waals surface area contributed by atoms with Crippen LogP contribution in [0.15, 0.2) is 0 Å². The molecule has 5 nitrogen and oxygen atoms in total. The van der Waals surface area contributed by atoms with E-state index in [1.807, 2.05) is 6.92 Å². The Morgan fingerprint density at radius 3 is 2.89 bits per heavy atom. The largest absolute Gasteiger partial charge is 0.396 e. The van der Waals surface area contributed by atoms with Crippen molar-refractivity contribution in [1.29, 1.82) is 0 Å². The number of carbonyl (C=O) groups is 1. The zero-order chi connectivity index (χ0) is 14.0. The van der Waals surface area contributed by atoms with Gasteiger partial charge in [0.1, 0.15) is 5.15 Å². The van der Waals surface area contributed by atoms with Gasteiger partial charge in [-0.1, -0.05) is 11.6 Å². The number of nitrogens with zero attached hydrogens (tertiary/aromatic N) is 3. The molecule has 0 radical (unpaired) electrons. The molecule has 2 heterocycles. The number of halogens is 1. The highest BCUT2D eigenvalue weighted by atomic mass is 35.5. The first-order valence-corrected chi connectivity index (χ1v) is 7.09. The van der Waals surface area contributed by atoms with Crippen LogP contribution in [0.4, 0.5) is 0 Å². The fourth-order valence-electron chi connectivity index (χ4n) is 2.56. The Morgan fingerprint density at radius 1 is 1.58 bits per heavy atom. The van der Waals surface area contributed by atoms with Crippen molar-refractivity contribution in [3.05, 3.63) is 16.4 Å². The minimum Gasteiger partial charge on any atom is -0.396 e. The zero-order valence-corrected chi connectivity index (χ0v) is 12.2. The van der Waals surface area contributed by atoms with Crippen LogP contribution in [0.1, 0.15) is 35.8 Å². The van der Waals surface area contributed by atoms with Crippen LogP contribution in [0.2, 0.25) is 5.15 Å². The molecule has 1 fully saturated rings. The molecule has 0 bridgehead atoms. The summed E-state index contributed by atoms with van der Waals surface area (Å²) in [7, 11) is 0. The van der Waals surface area contributed by atoms with Gasteiger partial charge in [-0.2, -0.15) is 5.10 Å². The molecule has 0 spiro atoms. The number of likely N-dealkylation sites (tertiary alicyclic amines) is 1. The van der Waals surface area contributed by atoms with Gasteiger partial charge in [0.05, 0.1) is 11.3 Å². The van der Waals surface area contributed by atoms with E-state index < -0.39 is 0 Å². The molecule has 1 aromatic heterocycles. The SMILES string of the molecule is CCn1nc(C)c(C(=O)N2CCCC(CO)C2)c1Cl. The number of aliphatic hydroxyl groups excluding tert-OH is 1. The van der Waals surface area contributed by atoms with Crippen molar-refractivity contribution in [1.82, 2.24) is 14.7 Å². The van der Waals surface area contributed by atoms with E-state index in [0.717, 1.165) is 19.4 Å². The van der Waals surface area contributed by atoms with Crippen LogP contribution in [-0.2, 0) is 6.54 Å². The van der Waals surface area contributed by atoms with Crippen LogP contribution < -0.4 is 0 Å². The zero-order valence-electron chi connectivity index (χ0n) is 11.4. The minimum atomic E-state index is -0.0691. The molecule has 1 aromatic rings. The lowest BCUT2D eigenvalue weighted by Gasteiger charge is -2.31. The van der Waals surface area contributed by atoms with Gasteiger partial charge < -0.3 is 10.0 Å². The minimum absolute atomic E-state index is 0.0691. The number of carbonyl (C=O) groups excluding carboxylic acids is 1. The van der Waals surface area contributed by atoms with E-state index in [4.69, 9.17) is 11.6 Å². The van der Waals surface area contributed by atoms with Crippen LogP contribution in [0.5, 0.6) is 0 Å². The number of aromatic nitrogens is 2. The molecule has 1 atom stereocenters. The summed E-state index contributed by atoms with van der Waals surface area (Å²) in [6.07, 6.45) is 1.90. The molecule has 0 aliphatic carbocycles. The third kappa shape index (κ3) is 2.77. The van der Waals surface area contributed by atoms with Crippen molar-refractivity contribution in [3.63, 3.8) is 0 Å². The maximum atomic E-state index is 12.5. The number of aliphatic hydroxyl groups is 1. The summed E-state index contributed by atoms with van der Waals surface area (Å²) in [5.41, 5.74) is 1.17. The van der Waals surface area contributed by atoms with Crippen molar-refractivity contribution in [2.75, 3.05) is 19.7 Å². The third-order valence-electron chi connectivity index (χ3n) is 3.64. The monoisotopic (exact) mass is 285 g/mol. The van der Waals surface area contributed by atoms with Gasteiger partial charge >= 0.3 is 0 Å². The van der Waals surface area contributed by atoms with Crippen molar-refractivity contribution >= 4 is 17.5 Å². The molecule has 0 aromatic carbocycles. The molecule has 6 heteroatoms. The second-order valence-electron chi connectivity index (χ2n) is 5.01. The molecular weight excluding hydrogens is 266 g/mol. The van der Waals surface area contributed by atoms with Crippen LogP contribution >= 0.6 is 11.6 Å². The number of piperidine rings is 1. The highest BCUT2D eigenvalue weighted by molar-refractivity contribution is 6.33. The summed E-state index contributed by atoms with van der Waals surface area (Å²) in [5, 5.41) is 13.9. The van der Waals surface area contributed by atoms with Gasteiger partial charge in [0, 0.05) is 26.2 Å². The molecule has 1 N–H and O–H groups in total. The summed E-state index contributed by atoms with van der Waals surface area (Å²) in [6, 6.07) is 0. The second kappa shape index (κ2) is 5.92. The molecule has 1 aliphatic heterocycles. The number of aryl methyl sites for hydroxylation is 2. The molecule has 1 unspecified atom stereocenters. The lowest BCUT2D eigenvalue weighted by Crippen LogP contribution is -2.41. The van der Waals surface area contributed by atoms with Crippen molar-refractivity contribution < 1.29 is 9.90 Å². The van der Waals surface area contributed by atoms with Crippen molar-refractivity contribution in [2.24, 2.45) is 5.92 Å². The molecule has 19 heavy (non-hydrogen) atoms. The third-order valence-corrected chi connectivity index (χ3v) is 4.03. The molecule has 0 saturated carbocycles. The maximum absolute atomic E-state index is 12.5. The van der Waals surface area contributed by atoms with E-state index in [1.54, 1.807) is 16.5 Å². The van der Waals surface area contributed by atoms with Gasteiger partial charge in [-0.15, -0.1) is 0 Å². The van der Waals surface area contributed by atoms with E-state index in [1.165, 1.54) is 0 Å². The molecular formula is C13H20ClN3O2. The second-order valence-corrected chi connectivity index (χ2v) is 5.37. The predicted octanol–water partition coefficient (Wildman–Crippen LogP) is 1.71. The highest BCUT2D eigenvalue weighted by Crippen LogP contribution is 2.24. The Balaban J connectivity index is 2.22. The predicted molar refractivity (Wildman–Crippen MR) is 73.4 cm³/mol. The quantitative estimate of drug-likeness (QED) is 0.920. The maximum Gasteiger partial charge on any atom is 0.258 e. The highest BCUT2D eigenvalue weighted by Gasteiger charge is 2.28. The molecule has 1 saturated heterocycles. The first-order chi connectivity index (χ1) is 9.08. The first-order valence-electron chi connectivity index (χ1n) is 6.71. The van der Waals surface area contributed by atoms with Crippen LogP contribution in [-0.4, -0.2) is 45.4 Å². The number of rotatable bonds is 3. The Hall–Kier alpha value is -1.07. The Kier molecular flexibility index (Phi) is 4.47. The number of amides is 1. The number of hydrogen-bond donors (Lipinski definition) is 1. The summed E-state index contributed by atoms with van der Waals surface area (Å²) in [6.45, 7) is 5.84. The average Bonchev–Trinajstić information content (AvgIpc) is 2.72. The van der Waals surface area contributed by atoms with Crippen LogP contribution in [0, 0.1) is 12.8 Å². The smallest absolute Gasteiger partial charge is 0.258 e. The molecule has 1 aliphatic rings. The van der Waals surface area contributed by atoms with Gasteiger partial charge in [-0.25, -0.2) is 0 Å². The van der Waals surface area contributed by atoms with Crippen LogP contribution in [0.25, 0.3) is 0 Å². The summed E-state index contributed by atoms with van der Waals surface area (Å²) in [5.74, 6) is 0.110. The van der Waals surface area contributed by atoms with Crippen molar-refractivity contribution in [3.8, 4) is 0 Å². The van der Waals surface area contributed by atoms with Gasteiger partial charge in [0.2, 0.25) is 0 Å². The Morgan fingerprint density at radius 2 is 2.32 bits per heavy atom. The first kappa shape index (κ1) is 14.3. The number of hydrogen-bond acceptors (Lipinski definition) is 3. The van der Waals surface area contributed by atoms with E-state index in [0.29, 0.717) is 29.5 Å². The standard InChI is InChI=1S/C13H20ClN3O2/c1-3-17-12(14)11(9(2)15-17)13(19)16-6-4-5-10(7-16)8-18/h10,18H,3-8H2,1-2H3. The van der Waals surface area contributed by atoms with Crippen molar-refractivity contribution in [2.45, 2.75) is 33.2 Å². The van der Waals surface area contributed by atoms with E-state index in [-0.39, 0.29) is 18.4 Å². The summed E-state index contributed by atoms with van der Waals surface area (Å²) in [4.78, 5) is 14.3. The van der Waals surface area contributed by atoms with Gasteiger partial charge in [-0.05, 0) is 32.6 Å². The van der Waals surface area contributed by atoms with E-state index in [9.17, 15) is 9.90 Å². The topological polar surface area (TPSA) is 58.4 Å². The van der Waals surface area contributed by atoms with E-state index in [2.05, 4.69) is 5.10 Å². The normalized spacial score (nSPS) is 19.8. The van der Waals surface area contributed by atoms with Gasteiger partial charge in [0.15, 0.2) is 0 Å². The Bertz CT molecular complexity index is 473. The van der Waals surface area contributed by atoms with E-state index >= 15 is 0 Å². The molecule has 2 rings (SSSR count). The summed E-state index contributed by atoms with van der Waals surface area (Å²) < 4.78 is 1.64. The summed E-state index contributed by atoms with van der Waals surface area (Å²) >= 11 is 6.22. The Labute approximate surface area is 118 Å². The fraction of sp³-hybridized carbons (Fsp3) is 0.692. The molecule has 106 valence electrons. The van der Waals surface area contributed by atoms with Gasteiger partial charge in [0.25, 0.3) is 5.91 Å². The van der Waals surface area contributed by atoms with Crippen LogP contribution in [0.3, 0.4) is 0 Å². The fourth-order valence-corrected chi connectivity index (χ4v) is 2.94. The lowest BCUT2D eigenvalue weighted by molar-refractivity contribution is 0.0620. The lowest BCUT2D eigenvalue weighted by atomic mass is 9.98.